The Morgan fingerprint density at radius 3 is 2.30 bits per heavy atom. The maximum absolute atomic E-state index is 12.0. The van der Waals surface area contributed by atoms with E-state index in [1.807, 2.05) is 39.0 Å². The summed E-state index contributed by atoms with van der Waals surface area (Å²) >= 11 is 0. The van der Waals surface area contributed by atoms with Gasteiger partial charge in [0.05, 0.1) is 12.2 Å². The summed E-state index contributed by atoms with van der Waals surface area (Å²) in [6.07, 6.45) is 1.38. The number of ether oxygens (including phenoxy) is 2. The van der Waals surface area contributed by atoms with Crippen LogP contribution in [0.1, 0.15) is 44.0 Å². The summed E-state index contributed by atoms with van der Waals surface area (Å²) in [5.41, 5.74) is 0.0952. The van der Waals surface area contributed by atoms with Crippen LogP contribution in [0.4, 0.5) is 4.79 Å². The van der Waals surface area contributed by atoms with Gasteiger partial charge < -0.3 is 14.4 Å². The van der Waals surface area contributed by atoms with Crippen molar-refractivity contribution in [3.63, 3.8) is 0 Å². The zero-order chi connectivity index (χ0) is 16.9. The number of piperidine rings is 1. The van der Waals surface area contributed by atoms with E-state index in [2.05, 4.69) is 0 Å². The quantitative estimate of drug-likeness (QED) is 0.800. The van der Waals surface area contributed by atoms with Crippen molar-refractivity contribution in [3.8, 4) is 0 Å². The van der Waals surface area contributed by atoms with E-state index in [-0.39, 0.29) is 12.1 Å². The number of hydrogen-bond acceptors (Lipinski definition) is 4. The molecular weight excluding hydrogens is 294 g/mol. The van der Waals surface area contributed by atoms with Crippen LogP contribution in [0.5, 0.6) is 0 Å². The van der Waals surface area contributed by atoms with Gasteiger partial charge in [0.15, 0.2) is 0 Å². The van der Waals surface area contributed by atoms with Crippen molar-refractivity contribution in [2.24, 2.45) is 5.92 Å². The highest BCUT2D eigenvalue weighted by molar-refractivity contribution is 5.89. The summed E-state index contributed by atoms with van der Waals surface area (Å²) in [6.45, 7) is 7.27. The number of carbonyl (C=O) groups excluding carboxylic acids is 2. The first kappa shape index (κ1) is 17.3. The molecule has 1 aromatic rings. The van der Waals surface area contributed by atoms with E-state index in [9.17, 15) is 9.59 Å². The molecule has 1 fully saturated rings. The summed E-state index contributed by atoms with van der Waals surface area (Å²) in [5, 5.41) is 0. The SMILES string of the molecule is CC(C)(C)OC(=O)N1CCC(COC(=O)c2ccccc2)CC1. The van der Waals surface area contributed by atoms with Gasteiger partial charge in [0, 0.05) is 13.1 Å². The van der Waals surface area contributed by atoms with Crippen molar-refractivity contribution in [3.05, 3.63) is 35.9 Å². The van der Waals surface area contributed by atoms with Gasteiger partial charge in [-0.15, -0.1) is 0 Å². The normalized spacial score (nSPS) is 16.0. The molecule has 1 aliphatic rings. The molecule has 0 bridgehead atoms. The molecule has 23 heavy (non-hydrogen) atoms. The molecule has 0 saturated carbocycles. The number of carbonyl (C=O) groups is 2. The number of amides is 1. The largest absolute Gasteiger partial charge is 0.462 e. The Morgan fingerprint density at radius 2 is 1.74 bits per heavy atom. The summed E-state index contributed by atoms with van der Waals surface area (Å²) in [4.78, 5) is 25.6. The number of benzene rings is 1. The molecule has 126 valence electrons. The second-order valence-corrected chi connectivity index (χ2v) is 6.88. The molecule has 1 saturated heterocycles. The molecule has 0 spiro atoms. The van der Waals surface area contributed by atoms with Crippen molar-refractivity contribution >= 4 is 12.1 Å². The van der Waals surface area contributed by atoms with Gasteiger partial charge >= 0.3 is 12.1 Å². The van der Waals surface area contributed by atoms with Crippen molar-refractivity contribution in [1.29, 1.82) is 0 Å². The highest BCUT2D eigenvalue weighted by atomic mass is 16.6. The molecular formula is C18H25NO4. The fourth-order valence-corrected chi connectivity index (χ4v) is 2.46. The van der Waals surface area contributed by atoms with Crippen LogP contribution in [0.2, 0.25) is 0 Å². The lowest BCUT2D eigenvalue weighted by Gasteiger charge is -2.33. The third-order valence-corrected chi connectivity index (χ3v) is 3.73. The minimum atomic E-state index is -0.473. The average Bonchev–Trinajstić information content (AvgIpc) is 2.52. The fourth-order valence-electron chi connectivity index (χ4n) is 2.46. The first-order valence-corrected chi connectivity index (χ1v) is 8.05. The van der Waals surface area contributed by atoms with E-state index in [0.29, 0.717) is 31.2 Å². The standard InChI is InChI=1S/C18H25NO4/c1-18(2,3)23-17(21)19-11-9-14(10-12-19)13-22-16(20)15-7-5-4-6-8-15/h4-8,14H,9-13H2,1-3H3. The lowest BCUT2D eigenvalue weighted by atomic mass is 9.98. The minimum Gasteiger partial charge on any atom is -0.462 e. The van der Waals surface area contributed by atoms with E-state index in [1.165, 1.54) is 0 Å². The van der Waals surface area contributed by atoms with Crippen LogP contribution in [0.3, 0.4) is 0 Å². The summed E-state index contributed by atoms with van der Waals surface area (Å²) in [5.74, 6) is 0.00141. The zero-order valence-corrected chi connectivity index (χ0v) is 14.1. The van der Waals surface area contributed by atoms with E-state index in [0.717, 1.165) is 12.8 Å². The average molecular weight is 319 g/mol. The monoisotopic (exact) mass is 319 g/mol. The zero-order valence-electron chi connectivity index (χ0n) is 14.1. The third-order valence-electron chi connectivity index (χ3n) is 3.73. The lowest BCUT2D eigenvalue weighted by Crippen LogP contribution is -2.42. The summed E-state index contributed by atoms with van der Waals surface area (Å²) in [7, 11) is 0. The molecule has 5 nitrogen and oxygen atoms in total. The third kappa shape index (κ3) is 5.58. The Balaban J connectivity index is 1.73. The van der Waals surface area contributed by atoms with Gasteiger partial charge in [0.1, 0.15) is 5.60 Å². The molecule has 5 heteroatoms. The van der Waals surface area contributed by atoms with Gasteiger partial charge in [0.25, 0.3) is 0 Å². The second-order valence-electron chi connectivity index (χ2n) is 6.88. The maximum atomic E-state index is 12.0. The topological polar surface area (TPSA) is 55.8 Å². The number of esters is 1. The van der Waals surface area contributed by atoms with Crippen LogP contribution < -0.4 is 0 Å². The second kappa shape index (κ2) is 7.49. The summed E-state index contributed by atoms with van der Waals surface area (Å²) < 4.78 is 10.7. The van der Waals surface area contributed by atoms with Gasteiger partial charge in [-0.3, -0.25) is 0 Å². The molecule has 0 aliphatic carbocycles. The minimum absolute atomic E-state index is 0.266. The van der Waals surface area contributed by atoms with Gasteiger partial charge in [-0.05, 0) is 51.7 Å². The highest BCUT2D eigenvalue weighted by Gasteiger charge is 2.27. The first-order valence-electron chi connectivity index (χ1n) is 8.05. The van der Waals surface area contributed by atoms with E-state index in [4.69, 9.17) is 9.47 Å². The van der Waals surface area contributed by atoms with Crippen molar-refractivity contribution in [2.75, 3.05) is 19.7 Å². The molecule has 0 atom stereocenters. The number of likely N-dealkylation sites (tertiary alicyclic amines) is 1. The van der Waals surface area contributed by atoms with Crippen LogP contribution >= 0.6 is 0 Å². The van der Waals surface area contributed by atoms with E-state index >= 15 is 0 Å². The molecule has 1 aliphatic heterocycles. The van der Waals surface area contributed by atoms with Crippen molar-refractivity contribution in [2.45, 2.75) is 39.2 Å². The number of rotatable bonds is 3. The molecule has 0 aromatic heterocycles. The Morgan fingerprint density at radius 1 is 1.13 bits per heavy atom. The molecule has 1 heterocycles. The maximum Gasteiger partial charge on any atom is 0.410 e. The smallest absolute Gasteiger partial charge is 0.410 e. The molecule has 0 unspecified atom stereocenters. The van der Waals surface area contributed by atoms with Gasteiger partial charge in [-0.1, -0.05) is 18.2 Å². The van der Waals surface area contributed by atoms with Crippen molar-refractivity contribution in [1.82, 2.24) is 4.90 Å². The number of nitrogens with zero attached hydrogens (tertiary/aromatic N) is 1. The van der Waals surface area contributed by atoms with Crippen LogP contribution in [-0.2, 0) is 9.47 Å². The predicted molar refractivity (Wildman–Crippen MR) is 87.3 cm³/mol. The highest BCUT2D eigenvalue weighted by Crippen LogP contribution is 2.20. The lowest BCUT2D eigenvalue weighted by molar-refractivity contribution is 0.0115. The summed E-state index contributed by atoms with van der Waals surface area (Å²) in [6, 6.07) is 8.98. The van der Waals surface area contributed by atoms with Crippen LogP contribution in [0.25, 0.3) is 0 Å². The Kier molecular flexibility index (Phi) is 5.64. The Labute approximate surface area is 137 Å². The fraction of sp³-hybridized carbons (Fsp3) is 0.556. The molecule has 0 N–H and O–H groups in total. The van der Waals surface area contributed by atoms with Crippen LogP contribution in [0, 0.1) is 5.92 Å². The molecule has 2 rings (SSSR count). The molecule has 0 radical (unpaired) electrons. The van der Waals surface area contributed by atoms with Crippen LogP contribution in [-0.4, -0.2) is 42.3 Å². The predicted octanol–water partition coefficient (Wildman–Crippen LogP) is 3.49. The van der Waals surface area contributed by atoms with Crippen molar-refractivity contribution < 1.29 is 19.1 Å². The van der Waals surface area contributed by atoms with Gasteiger partial charge in [-0.2, -0.15) is 0 Å². The molecule has 1 aromatic carbocycles. The Bertz CT molecular complexity index is 528. The van der Waals surface area contributed by atoms with Crippen LogP contribution in [0.15, 0.2) is 30.3 Å². The van der Waals surface area contributed by atoms with E-state index in [1.54, 1.807) is 17.0 Å². The van der Waals surface area contributed by atoms with E-state index < -0.39 is 5.60 Å². The molecule has 1 amide bonds. The number of hydrogen-bond donors (Lipinski definition) is 0. The Hall–Kier alpha value is -2.04. The van der Waals surface area contributed by atoms with Gasteiger partial charge in [-0.25, -0.2) is 9.59 Å². The first-order chi connectivity index (χ1) is 10.8. The van der Waals surface area contributed by atoms with Gasteiger partial charge in [0.2, 0.25) is 0 Å².